The van der Waals surface area contributed by atoms with Gasteiger partial charge in [-0.3, -0.25) is 10.1 Å². The third-order valence-corrected chi connectivity index (χ3v) is 9.74. The summed E-state index contributed by atoms with van der Waals surface area (Å²) in [5, 5.41) is 7.40. The van der Waals surface area contributed by atoms with Crippen LogP contribution in [0.4, 0.5) is 10.1 Å². The van der Waals surface area contributed by atoms with Crippen LogP contribution in [0.15, 0.2) is 30.5 Å². The van der Waals surface area contributed by atoms with Crippen LogP contribution in [0.5, 0.6) is 0 Å². The van der Waals surface area contributed by atoms with Gasteiger partial charge in [-0.05, 0) is 62.1 Å². The van der Waals surface area contributed by atoms with Gasteiger partial charge in [0.05, 0.1) is 29.9 Å². The molecule has 1 saturated carbocycles. The first kappa shape index (κ1) is 26.3. The molecule has 10 heteroatoms. The summed E-state index contributed by atoms with van der Waals surface area (Å²) in [5.41, 5.74) is 7.87. The van der Waals surface area contributed by atoms with Crippen LogP contribution in [0.3, 0.4) is 0 Å². The van der Waals surface area contributed by atoms with Gasteiger partial charge in [-0.2, -0.15) is 0 Å². The van der Waals surface area contributed by atoms with E-state index in [1.54, 1.807) is 6.07 Å². The van der Waals surface area contributed by atoms with Crippen LogP contribution in [0.2, 0.25) is 10.2 Å². The second-order valence-electron chi connectivity index (χ2n) is 12.0. The molecule has 204 valence electrons. The number of carbonyl (C=O) groups excluding carboxylic acids is 1. The summed E-state index contributed by atoms with van der Waals surface area (Å²) in [6.07, 6.45) is 6.80. The van der Waals surface area contributed by atoms with Crippen LogP contribution < -0.4 is 21.5 Å². The van der Waals surface area contributed by atoms with Gasteiger partial charge in [-0.15, -0.1) is 0 Å². The van der Waals surface area contributed by atoms with Crippen LogP contribution in [0.1, 0.15) is 69.4 Å². The van der Waals surface area contributed by atoms with Crippen molar-refractivity contribution in [3.63, 3.8) is 0 Å². The molecule has 3 fully saturated rings. The molecular weight excluding hydrogens is 528 g/mol. The lowest BCUT2D eigenvalue weighted by Gasteiger charge is -2.51. The number of hydrazine groups is 1. The Hall–Kier alpha value is -1.97. The quantitative estimate of drug-likeness (QED) is 0.392. The van der Waals surface area contributed by atoms with E-state index >= 15 is 4.39 Å². The van der Waals surface area contributed by atoms with Gasteiger partial charge in [-0.25, -0.2) is 14.8 Å². The number of halogens is 3. The highest BCUT2D eigenvalue weighted by atomic mass is 35.5. The number of hydrogen-bond acceptors (Lipinski definition) is 6. The number of nitrogens with one attached hydrogen (secondary N) is 4. The van der Waals surface area contributed by atoms with Crippen molar-refractivity contribution in [3.8, 4) is 0 Å². The third-order valence-electron chi connectivity index (χ3n) is 9.25. The van der Waals surface area contributed by atoms with Crippen molar-refractivity contribution in [2.24, 2.45) is 5.41 Å². The maximum atomic E-state index is 15.9. The third kappa shape index (κ3) is 4.11. The minimum absolute atomic E-state index is 0.0804. The Morgan fingerprint density at radius 3 is 2.71 bits per heavy atom. The van der Waals surface area contributed by atoms with Crippen molar-refractivity contribution in [2.45, 2.75) is 81.5 Å². The lowest BCUT2D eigenvalue weighted by Crippen LogP contribution is -2.63. The molecule has 7 nitrogen and oxygen atoms in total. The normalized spacial score (nSPS) is 31.2. The van der Waals surface area contributed by atoms with E-state index in [1.165, 1.54) is 6.20 Å². The maximum Gasteiger partial charge on any atom is 0.238 e. The predicted octanol–water partition coefficient (Wildman–Crippen LogP) is 5.04. The van der Waals surface area contributed by atoms with Crippen molar-refractivity contribution in [2.75, 3.05) is 18.6 Å². The van der Waals surface area contributed by atoms with Gasteiger partial charge in [0, 0.05) is 40.4 Å². The summed E-state index contributed by atoms with van der Waals surface area (Å²) in [6.45, 7) is 5.74. The monoisotopic (exact) mass is 561 g/mol. The second kappa shape index (κ2) is 9.59. The van der Waals surface area contributed by atoms with E-state index in [-0.39, 0.29) is 22.5 Å². The molecule has 1 aromatic heterocycles. The van der Waals surface area contributed by atoms with Gasteiger partial charge in [0.1, 0.15) is 0 Å². The molecule has 4 N–H and O–H groups in total. The van der Waals surface area contributed by atoms with Gasteiger partial charge >= 0.3 is 0 Å². The number of fused-ring (bicyclic) bond motifs is 3. The smallest absolute Gasteiger partial charge is 0.238 e. The summed E-state index contributed by atoms with van der Waals surface area (Å²) < 4.78 is 21.5. The number of hydrogen-bond donors (Lipinski definition) is 4. The SMILES string of the molecule is CC1(C)CCC2(CC1)N[C@@H](C(=O)NC1CCCOC1)[C@H](c1ccnc(Cl)c1F)[C@]21NNc2cc(Cl)ccc21. The summed E-state index contributed by atoms with van der Waals surface area (Å²) >= 11 is 12.6. The molecule has 4 atom stereocenters. The Morgan fingerprint density at radius 1 is 1.18 bits per heavy atom. The van der Waals surface area contributed by atoms with Gasteiger partial charge in [-0.1, -0.05) is 43.1 Å². The first-order valence-electron chi connectivity index (χ1n) is 13.4. The van der Waals surface area contributed by atoms with Crippen molar-refractivity contribution in [1.82, 2.24) is 21.0 Å². The minimum atomic E-state index is -0.847. The van der Waals surface area contributed by atoms with Crippen molar-refractivity contribution >= 4 is 34.8 Å². The number of nitrogens with zero attached hydrogens (tertiary/aromatic N) is 1. The molecular formula is C28H34Cl2FN5O2. The molecule has 1 unspecified atom stereocenters. The van der Waals surface area contributed by atoms with Crippen molar-refractivity contribution < 1.29 is 13.9 Å². The molecule has 0 bridgehead atoms. The average Bonchev–Trinajstić information content (AvgIpc) is 3.40. The molecule has 6 rings (SSSR count). The van der Waals surface area contributed by atoms with E-state index in [1.807, 2.05) is 18.2 Å². The Morgan fingerprint density at radius 2 is 1.97 bits per heavy atom. The number of amides is 1. The van der Waals surface area contributed by atoms with E-state index in [9.17, 15) is 4.79 Å². The van der Waals surface area contributed by atoms with Gasteiger partial charge < -0.3 is 15.5 Å². The zero-order valence-electron chi connectivity index (χ0n) is 21.7. The van der Waals surface area contributed by atoms with E-state index in [2.05, 4.69) is 40.3 Å². The fourth-order valence-corrected chi connectivity index (χ4v) is 7.54. The first-order valence-corrected chi connectivity index (χ1v) is 14.2. The van der Waals surface area contributed by atoms with Crippen LogP contribution in [-0.2, 0) is 15.1 Å². The molecule has 1 aromatic carbocycles. The molecule has 2 spiro atoms. The fourth-order valence-electron chi connectivity index (χ4n) is 7.20. The lowest BCUT2D eigenvalue weighted by molar-refractivity contribution is -0.125. The summed E-state index contributed by atoms with van der Waals surface area (Å²) in [7, 11) is 0. The Bertz CT molecular complexity index is 1240. The van der Waals surface area contributed by atoms with Crippen molar-refractivity contribution in [3.05, 3.63) is 57.6 Å². The Balaban J connectivity index is 1.53. The average molecular weight is 563 g/mol. The zero-order chi connectivity index (χ0) is 26.7. The highest BCUT2D eigenvalue weighted by molar-refractivity contribution is 6.31. The number of anilines is 1. The van der Waals surface area contributed by atoms with E-state index < -0.39 is 28.9 Å². The maximum absolute atomic E-state index is 15.9. The summed E-state index contributed by atoms with van der Waals surface area (Å²) in [6, 6.07) is 6.58. The molecule has 4 heterocycles. The minimum Gasteiger partial charge on any atom is -0.379 e. The molecule has 2 aromatic rings. The van der Waals surface area contributed by atoms with Crippen molar-refractivity contribution in [1.29, 1.82) is 0 Å². The molecule has 1 amide bonds. The van der Waals surface area contributed by atoms with Gasteiger partial charge in [0.2, 0.25) is 5.91 Å². The zero-order valence-corrected chi connectivity index (χ0v) is 23.2. The van der Waals surface area contributed by atoms with E-state index in [0.29, 0.717) is 23.8 Å². The number of pyridine rings is 1. The number of benzene rings is 1. The Labute approximate surface area is 232 Å². The molecule has 38 heavy (non-hydrogen) atoms. The van der Waals surface area contributed by atoms with Gasteiger partial charge in [0.15, 0.2) is 11.0 Å². The lowest BCUT2D eigenvalue weighted by atomic mass is 9.58. The summed E-state index contributed by atoms with van der Waals surface area (Å²) in [5.74, 6) is -1.39. The Kier molecular flexibility index (Phi) is 6.63. The molecule has 1 aliphatic carbocycles. The van der Waals surface area contributed by atoms with Crippen LogP contribution in [0, 0.1) is 11.2 Å². The molecule has 2 saturated heterocycles. The number of carbonyl (C=O) groups is 1. The standard InChI is InChI=1S/C28H34Cl2FN5O2/c1-26(2)8-10-27(11-9-26)28(19-6-5-16(29)14-20(19)35-36-28)21(18-7-12-32-24(30)22(18)31)23(34-27)25(37)33-17-4-3-13-38-15-17/h5-7,12,14,17,21,23,34-36H,3-4,8-11,13,15H2,1-2H3,(H,33,37)/t17?,21-,23+,28-/m0/s1. The largest absolute Gasteiger partial charge is 0.379 e. The highest BCUT2D eigenvalue weighted by Gasteiger charge is 2.69. The fraction of sp³-hybridized carbons (Fsp3) is 0.571. The van der Waals surface area contributed by atoms with Crippen LogP contribution in [-0.4, -0.2) is 41.7 Å². The molecule has 3 aliphatic heterocycles. The van der Waals surface area contributed by atoms with Crippen LogP contribution in [0.25, 0.3) is 0 Å². The number of ether oxygens (including phenoxy) is 1. The summed E-state index contributed by atoms with van der Waals surface area (Å²) in [4.78, 5) is 18.1. The second-order valence-corrected chi connectivity index (χ2v) is 12.8. The molecule has 0 radical (unpaired) electrons. The topological polar surface area (TPSA) is 87.3 Å². The number of aromatic nitrogens is 1. The van der Waals surface area contributed by atoms with Gasteiger partial charge in [0.25, 0.3) is 0 Å². The van der Waals surface area contributed by atoms with Crippen LogP contribution >= 0.6 is 23.2 Å². The first-order chi connectivity index (χ1) is 18.2. The molecule has 4 aliphatic rings. The number of rotatable bonds is 3. The highest BCUT2D eigenvalue weighted by Crippen LogP contribution is 2.61. The predicted molar refractivity (Wildman–Crippen MR) is 146 cm³/mol. The van der Waals surface area contributed by atoms with E-state index in [4.69, 9.17) is 27.9 Å². The van der Waals surface area contributed by atoms with E-state index in [0.717, 1.165) is 49.8 Å².